The fourth-order valence-electron chi connectivity index (χ4n) is 3.81. The molecule has 3 aromatic carbocycles. The number of carbonyl (C=O) groups is 2. The second-order valence-corrected chi connectivity index (χ2v) is 7.56. The number of ether oxygens (including phenoxy) is 2. The Kier molecular flexibility index (Phi) is 6.32. The normalized spacial score (nSPS) is 13.4. The van der Waals surface area contributed by atoms with Gasteiger partial charge in [-0.3, -0.25) is 4.79 Å². The monoisotopic (exact) mass is 415 g/mol. The molecule has 4 rings (SSSR count). The fourth-order valence-corrected chi connectivity index (χ4v) is 3.81. The maximum absolute atomic E-state index is 12.8. The molecule has 31 heavy (non-hydrogen) atoms. The van der Waals surface area contributed by atoms with Crippen LogP contribution in [-0.4, -0.2) is 31.1 Å². The van der Waals surface area contributed by atoms with Crippen molar-refractivity contribution in [2.45, 2.75) is 25.9 Å². The summed E-state index contributed by atoms with van der Waals surface area (Å²) in [7, 11) is 0. The van der Waals surface area contributed by atoms with Crippen molar-refractivity contribution in [1.82, 2.24) is 0 Å². The topological polar surface area (TPSA) is 55.8 Å². The molecule has 1 aliphatic heterocycles. The SMILES string of the molecule is CC(OC(=O)COc1ccccc1Cc1ccccc1)C(=O)N1CCc2ccccc21. The van der Waals surface area contributed by atoms with Gasteiger partial charge in [0.1, 0.15) is 5.75 Å². The van der Waals surface area contributed by atoms with Crippen LogP contribution in [0.4, 0.5) is 5.69 Å². The highest BCUT2D eigenvalue weighted by molar-refractivity contribution is 5.99. The Morgan fingerprint density at radius 2 is 1.65 bits per heavy atom. The van der Waals surface area contributed by atoms with Crippen LogP contribution < -0.4 is 9.64 Å². The molecule has 0 radical (unpaired) electrons. The largest absolute Gasteiger partial charge is 0.482 e. The summed E-state index contributed by atoms with van der Waals surface area (Å²) in [5.41, 5.74) is 4.17. The average Bonchev–Trinajstić information content (AvgIpc) is 3.23. The van der Waals surface area contributed by atoms with E-state index in [1.807, 2.05) is 66.7 Å². The molecule has 1 aliphatic rings. The highest BCUT2D eigenvalue weighted by Crippen LogP contribution is 2.28. The first-order valence-electron chi connectivity index (χ1n) is 10.4. The maximum Gasteiger partial charge on any atom is 0.344 e. The summed E-state index contributed by atoms with van der Waals surface area (Å²) in [6.45, 7) is 1.95. The Morgan fingerprint density at radius 1 is 0.935 bits per heavy atom. The number of para-hydroxylation sites is 2. The van der Waals surface area contributed by atoms with Crippen molar-refractivity contribution < 1.29 is 19.1 Å². The Bertz CT molecular complexity index is 1060. The molecule has 5 nitrogen and oxygen atoms in total. The quantitative estimate of drug-likeness (QED) is 0.544. The van der Waals surface area contributed by atoms with Gasteiger partial charge in [-0.2, -0.15) is 0 Å². The van der Waals surface area contributed by atoms with Gasteiger partial charge in [0.05, 0.1) is 0 Å². The zero-order valence-corrected chi connectivity index (χ0v) is 17.5. The number of hydrogen-bond acceptors (Lipinski definition) is 4. The molecule has 0 aliphatic carbocycles. The molecule has 0 spiro atoms. The van der Waals surface area contributed by atoms with Crippen molar-refractivity contribution in [3.05, 3.63) is 95.6 Å². The number of hydrogen-bond donors (Lipinski definition) is 0. The van der Waals surface area contributed by atoms with Crippen molar-refractivity contribution >= 4 is 17.6 Å². The predicted molar refractivity (Wildman–Crippen MR) is 119 cm³/mol. The van der Waals surface area contributed by atoms with E-state index in [1.54, 1.807) is 11.8 Å². The number of esters is 1. The van der Waals surface area contributed by atoms with Crippen molar-refractivity contribution in [3.8, 4) is 5.75 Å². The number of fused-ring (bicyclic) bond motifs is 1. The van der Waals surface area contributed by atoms with Crippen molar-refractivity contribution in [2.24, 2.45) is 0 Å². The first-order valence-corrected chi connectivity index (χ1v) is 10.4. The van der Waals surface area contributed by atoms with Gasteiger partial charge in [0.15, 0.2) is 12.7 Å². The van der Waals surface area contributed by atoms with E-state index in [0.29, 0.717) is 18.7 Å². The van der Waals surface area contributed by atoms with E-state index in [4.69, 9.17) is 9.47 Å². The van der Waals surface area contributed by atoms with E-state index in [9.17, 15) is 9.59 Å². The van der Waals surface area contributed by atoms with Crippen LogP contribution in [0.5, 0.6) is 5.75 Å². The molecule has 0 bridgehead atoms. The molecular formula is C26H25NO4. The van der Waals surface area contributed by atoms with E-state index in [0.717, 1.165) is 28.8 Å². The summed E-state index contributed by atoms with van der Waals surface area (Å²) in [6.07, 6.45) is 0.640. The highest BCUT2D eigenvalue weighted by Gasteiger charge is 2.29. The predicted octanol–water partition coefficient (Wildman–Crippen LogP) is 4.18. The van der Waals surface area contributed by atoms with Crippen LogP contribution in [0.15, 0.2) is 78.9 Å². The number of benzene rings is 3. The Morgan fingerprint density at radius 3 is 2.48 bits per heavy atom. The van der Waals surface area contributed by atoms with Crippen LogP contribution in [-0.2, 0) is 27.2 Å². The summed E-state index contributed by atoms with van der Waals surface area (Å²) in [4.78, 5) is 26.8. The van der Waals surface area contributed by atoms with Crippen molar-refractivity contribution in [1.29, 1.82) is 0 Å². The second kappa shape index (κ2) is 9.47. The summed E-state index contributed by atoms with van der Waals surface area (Å²) in [5, 5.41) is 0. The summed E-state index contributed by atoms with van der Waals surface area (Å²) >= 11 is 0. The lowest BCUT2D eigenvalue weighted by atomic mass is 10.0. The van der Waals surface area contributed by atoms with Gasteiger partial charge in [0, 0.05) is 18.7 Å². The third-order valence-corrected chi connectivity index (χ3v) is 5.36. The number of carbonyl (C=O) groups excluding carboxylic acids is 2. The molecule has 0 aromatic heterocycles. The van der Waals surface area contributed by atoms with Gasteiger partial charge in [-0.05, 0) is 42.2 Å². The minimum atomic E-state index is -0.873. The highest BCUT2D eigenvalue weighted by atomic mass is 16.6. The van der Waals surface area contributed by atoms with Crippen molar-refractivity contribution in [2.75, 3.05) is 18.1 Å². The Balaban J connectivity index is 1.33. The van der Waals surface area contributed by atoms with Crippen LogP contribution in [0, 0.1) is 0 Å². The zero-order chi connectivity index (χ0) is 21.6. The van der Waals surface area contributed by atoms with Gasteiger partial charge in [-0.25, -0.2) is 4.79 Å². The fraction of sp³-hybridized carbons (Fsp3) is 0.231. The van der Waals surface area contributed by atoms with Crippen LogP contribution >= 0.6 is 0 Å². The summed E-state index contributed by atoms with van der Waals surface area (Å²) in [6, 6.07) is 25.5. The lowest BCUT2D eigenvalue weighted by molar-refractivity contribution is -0.155. The van der Waals surface area contributed by atoms with Gasteiger partial charge in [-0.15, -0.1) is 0 Å². The molecule has 0 saturated heterocycles. The summed E-state index contributed by atoms with van der Waals surface area (Å²) in [5.74, 6) is -0.152. The Labute approximate surface area is 182 Å². The van der Waals surface area contributed by atoms with Crippen molar-refractivity contribution in [3.63, 3.8) is 0 Å². The molecule has 0 fully saturated rings. The molecule has 1 unspecified atom stereocenters. The molecule has 1 amide bonds. The van der Waals surface area contributed by atoms with Crippen LogP contribution in [0.3, 0.4) is 0 Å². The minimum absolute atomic E-state index is 0.220. The van der Waals surface area contributed by atoms with Gasteiger partial charge >= 0.3 is 5.97 Å². The Hall–Kier alpha value is -3.60. The maximum atomic E-state index is 12.8. The second-order valence-electron chi connectivity index (χ2n) is 7.56. The van der Waals surface area contributed by atoms with Crippen LogP contribution in [0.25, 0.3) is 0 Å². The van der Waals surface area contributed by atoms with E-state index in [2.05, 4.69) is 12.1 Å². The standard InChI is InChI=1S/C26H25NO4/c1-19(26(29)27-16-15-21-11-5-7-13-23(21)27)31-25(28)18-30-24-14-8-6-12-22(24)17-20-9-3-2-4-10-20/h2-14,19H,15-18H2,1H3. The van der Waals surface area contributed by atoms with Gasteiger partial charge < -0.3 is 14.4 Å². The molecule has 0 N–H and O–H groups in total. The lowest BCUT2D eigenvalue weighted by Gasteiger charge is -2.21. The van der Waals surface area contributed by atoms with Gasteiger partial charge in [0.2, 0.25) is 0 Å². The van der Waals surface area contributed by atoms with E-state index >= 15 is 0 Å². The molecule has 0 saturated carbocycles. The molecule has 158 valence electrons. The minimum Gasteiger partial charge on any atom is -0.482 e. The van der Waals surface area contributed by atoms with Gasteiger partial charge in [0.25, 0.3) is 5.91 Å². The molecular weight excluding hydrogens is 390 g/mol. The van der Waals surface area contributed by atoms with E-state index < -0.39 is 12.1 Å². The molecule has 1 heterocycles. The van der Waals surface area contributed by atoms with Crippen LogP contribution in [0.1, 0.15) is 23.6 Å². The summed E-state index contributed by atoms with van der Waals surface area (Å²) < 4.78 is 11.1. The molecule has 5 heteroatoms. The third kappa shape index (κ3) is 4.94. The number of anilines is 1. The first kappa shape index (κ1) is 20.7. The zero-order valence-electron chi connectivity index (χ0n) is 17.5. The molecule has 1 atom stereocenters. The third-order valence-electron chi connectivity index (χ3n) is 5.36. The van der Waals surface area contributed by atoms with E-state index in [-0.39, 0.29) is 12.5 Å². The smallest absolute Gasteiger partial charge is 0.344 e. The number of amides is 1. The first-order chi connectivity index (χ1) is 15.1. The van der Waals surface area contributed by atoms with Gasteiger partial charge in [-0.1, -0.05) is 66.7 Å². The average molecular weight is 415 g/mol. The lowest BCUT2D eigenvalue weighted by Crippen LogP contribution is -2.39. The van der Waals surface area contributed by atoms with Crippen LogP contribution in [0.2, 0.25) is 0 Å². The number of rotatable bonds is 7. The molecule has 3 aromatic rings. The van der Waals surface area contributed by atoms with E-state index in [1.165, 1.54) is 0 Å². The number of nitrogens with zero attached hydrogens (tertiary/aromatic N) is 1.